The van der Waals surface area contributed by atoms with E-state index in [1.54, 1.807) is 0 Å². The first-order chi connectivity index (χ1) is 8.83. The first kappa shape index (κ1) is 11.2. The zero-order chi connectivity index (χ0) is 12.4. The number of fused-ring (bicyclic) bond motifs is 1. The molecule has 0 unspecified atom stereocenters. The molecule has 0 fully saturated rings. The van der Waals surface area contributed by atoms with Gasteiger partial charge in [0.1, 0.15) is 5.69 Å². The molecule has 92 valence electrons. The summed E-state index contributed by atoms with van der Waals surface area (Å²) in [5.41, 5.74) is 3.88. The molecule has 1 heterocycles. The van der Waals surface area contributed by atoms with Gasteiger partial charge in [0, 0.05) is 12.1 Å². The van der Waals surface area contributed by atoms with Crippen LogP contribution >= 0.6 is 0 Å². The third-order valence-corrected chi connectivity index (χ3v) is 3.45. The minimum Gasteiger partial charge on any atom is -0.323 e. The Kier molecular flexibility index (Phi) is 2.97. The molecule has 3 rings (SSSR count). The van der Waals surface area contributed by atoms with Crippen molar-refractivity contribution in [1.82, 2.24) is 9.97 Å². The average molecular weight is 240 g/mol. The Morgan fingerprint density at radius 2 is 1.89 bits per heavy atom. The fourth-order valence-electron chi connectivity index (χ4n) is 2.48. The lowest BCUT2D eigenvalue weighted by Crippen LogP contribution is -2.22. The maximum Gasteiger partial charge on any atom is 0.270 e. The van der Waals surface area contributed by atoms with Gasteiger partial charge in [-0.25, -0.2) is 4.98 Å². The smallest absolute Gasteiger partial charge is 0.270 e. The predicted octanol–water partition coefficient (Wildman–Crippen LogP) is 2.24. The second kappa shape index (κ2) is 4.77. The van der Waals surface area contributed by atoms with Crippen molar-refractivity contribution < 1.29 is 0 Å². The van der Waals surface area contributed by atoms with Crippen LogP contribution in [0.4, 0.5) is 0 Å². The van der Waals surface area contributed by atoms with Gasteiger partial charge in [-0.1, -0.05) is 30.3 Å². The molecule has 1 aromatic heterocycles. The van der Waals surface area contributed by atoms with E-state index in [0.717, 1.165) is 36.2 Å². The van der Waals surface area contributed by atoms with E-state index in [1.165, 1.54) is 6.42 Å². The minimum absolute atomic E-state index is 0.0282. The van der Waals surface area contributed by atoms with E-state index in [4.69, 9.17) is 0 Å². The molecule has 3 heteroatoms. The number of benzene rings is 1. The topological polar surface area (TPSA) is 45.8 Å². The van der Waals surface area contributed by atoms with Gasteiger partial charge in [-0.15, -0.1) is 0 Å². The van der Waals surface area contributed by atoms with Gasteiger partial charge in [0.2, 0.25) is 0 Å². The van der Waals surface area contributed by atoms with E-state index < -0.39 is 0 Å². The van der Waals surface area contributed by atoms with Gasteiger partial charge in [-0.3, -0.25) is 4.79 Å². The minimum atomic E-state index is -0.0282. The van der Waals surface area contributed by atoms with Crippen LogP contribution in [0.1, 0.15) is 35.5 Å². The number of nitrogens with one attached hydrogen (secondary N) is 1. The fourth-order valence-corrected chi connectivity index (χ4v) is 2.48. The normalized spacial score (nSPS) is 14.2. The third kappa shape index (κ3) is 2.21. The Morgan fingerprint density at radius 3 is 2.72 bits per heavy atom. The lowest BCUT2D eigenvalue weighted by atomic mass is 10.00. The van der Waals surface area contributed by atoms with Crippen molar-refractivity contribution in [2.45, 2.75) is 32.1 Å². The van der Waals surface area contributed by atoms with E-state index >= 15 is 0 Å². The van der Waals surface area contributed by atoms with Gasteiger partial charge < -0.3 is 4.98 Å². The van der Waals surface area contributed by atoms with E-state index in [2.05, 4.69) is 9.97 Å². The SMILES string of the molecule is O=c1[nH]c2c(nc1Cc1ccccc1)CCCC2. The second-order valence-electron chi connectivity index (χ2n) is 4.81. The van der Waals surface area contributed by atoms with Gasteiger partial charge >= 0.3 is 0 Å². The van der Waals surface area contributed by atoms with Crippen LogP contribution in [0.5, 0.6) is 0 Å². The van der Waals surface area contributed by atoms with Gasteiger partial charge in [-0.2, -0.15) is 0 Å². The molecule has 0 spiro atoms. The van der Waals surface area contributed by atoms with Gasteiger partial charge in [0.25, 0.3) is 5.56 Å². The Labute approximate surface area is 106 Å². The van der Waals surface area contributed by atoms with Crippen molar-refractivity contribution >= 4 is 0 Å². The Balaban J connectivity index is 1.95. The number of hydrogen-bond acceptors (Lipinski definition) is 2. The van der Waals surface area contributed by atoms with Gasteiger partial charge in [0.05, 0.1) is 5.69 Å². The molecular formula is C15H16N2O. The number of H-pyrrole nitrogens is 1. The summed E-state index contributed by atoms with van der Waals surface area (Å²) in [6, 6.07) is 10.0. The molecule has 0 saturated carbocycles. The van der Waals surface area contributed by atoms with Crippen LogP contribution in [0.2, 0.25) is 0 Å². The molecule has 1 aliphatic rings. The summed E-state index contributed by atoms with van der Waals surface area (Å²) in [4.78, 5) is 19.5. The quantitative estimate of drug-likeness (QED) is 0.875. The molecule has 18 heavy (non-hydrogen) atoms. The highest BCUT2D eigenvalue weighted by Gasteiger charge is 2.14. The van der Waals surface area contributed by atoms with Crippen molar-refractivity contribution in [3.63, 3.8) is 0 Å². The van der Waals surface area contributed by atoms with Crippen LogP contribution in [0, 0.1) is 0 Å². The average Bonchev–Trinajstić information content (AvgIpc) is 2.41. The number of rotatable bonds is 2. The number of aromatic amines is 1. The molecule has 1 aliphatic carbocycles. The molecule has 1 N–H and O–H groups in total. The zero-order valence-corrected chi connectivity index (χ0v) is 10.3. The zero-order valence-electron chi connectivity index (χ0n) is 10.3. The van der Waals surface area contributed by atoms with Crippen molar-refractivity contribution in [2.75, 3.05) is 0 Å². The van der Waals surface area contributed by atoms with Crippen LogP contribution in [-0.2, 0) is 19.3 Å². The lowest BCUT2D eigenvalue weighted by Gasteiger charge is -2.14. The standard InChI is InChI=1S/C15H16N2O/c18-15-14(10-11-6-2-1-3-7-11)16-12-8-4-5-9-13(12)17-15/h1-3,6-7H,4-5,8-10H2,(H,17,18). The van der Waals surface area contributed by atoms with Gasteiger partial charge in [-0.05, 0) is 31.2 Å². The summed E-state index contributed by atoms with van der Waals surface area (Å²) in [5.74, 6) is 0. The second-order valence-corrected chi connectivity index (χ2v) is 4.81. The molecule has 0 atom stereocenters. The summed E-state index contributed by atoms with van der Waals surface area (Å²) in [7, 11) is 0. The first-order valence-corrected chi connectivity index (χ1v) is 6.48. The molecular weight excluding hydrogens is 224 g/mol. The number of aromatic nitrogens is 2. The van der Waals surface area contributed by atoms with E-state index in [9.17, 15) is 4.79 Å². The van der Waals surface area contributed by atoms with Crippen LogP contribution in [-0.4, -0.2) is 9.97 Å². The van der Waals surface area contributed by atoms with Gasteiger partial charge in [0.15, 0.2) is 0 Å². The predicted molar refractivity (Wildman–Crippen MR) is 70.7 cm³/mol. The van der Waals surface area contributed by atoms with Crippen LogP contribution in [0.3, 0.4) is 0 Å². The molecule has 0 bridgehead atoms. The monoisotopic (exact) mass is 240 g/mol. The summed E-state index contributed by atoms with van der Waals surface area (Å²) < 4.78 is 0. The highest BCUT2D eigenvalue weighted by atomic mass is 16.1. The molecule has 2 aromatic rings. The van der Waals surface area contributed by atoms with E-state index in [1.807, 2.05) is 30.3 Å². The highest BCUT2D eigenvalue weighted by molar-refractivity contribution is 5.23. The van der Waals surface area contributed by atoms with Crippen molar-refractivity contribution in [1.29, 1.82) is 0 Å². The number of nitrogens with zero attached hydrogens (tertiary/aromatic N) is 1. The Hall–Kier alpha value is -1.90. The molecule has 0 saturated heterocycles. The highest BCUT2D eigenvalue weighted by Crippen LogP contribution is 2.16. The molecule has 0 amide bonds. The molecule has 3 nitrogen and oxygen atoms in total. The summed E-state index contributed by atoms with van der Waals surface area (Å²) in [6.07, 6.45) is 4.90. The summed E-state index contributed by atoms with van der Waals surface area (Å²) in [5, 5.41) is 0. The Bertz CT molecular complexity index is 602. The largest absolute Gasteiger partial charge is 0.323 e. The molecule has 0 aliphatic heterocycles. The van der Waals surface area contributed by atoms with Crippen molar-refractivity contribution in [2.24, 2.45) is 0 Å². The number of hydrogen-bond donors (Lipinski definition) is 1. The summed E-state index contributed by atoms with van der Waals surface area (Å²) >= 11 is 0. The third-order valence-electron chi connectivity index (χ3n) is 3.45. The van der Waals surface area contributed by atoms with Crippen molar-refractivity contribution in [3.8, 4) is 0 Å². The maximum absolute atomic E-state index is 12.0. The van der Waals surface area contributed by atoms with E-state index in [-0.39, 0.29) is 5.56 Å². The lowest BCUT2D eigenvalue weighted by molar-refractivity contribution is 0.640. The molecule has 1 aromatic carbocycles. The molecule has 0 radical (unpaired) electrons. The maximum atomic E-state index is 12.0. The first-order valence-electron chi connectivity index (χ1n) is 6.48. The fraction of sp³-hybridized carbons (Fsp3) is 0.333. The van der Waals surface area contributed by atoms with Crippen LogP contribution in [0.15, 0.2) is 35.1 Å². The van der Waals surface area contributed by atoms with Crippen molar-refractivity contribution in [3.05, 3.63) is 63.3 Å². The summed E-state index contributed by atoms with van der Waals surface area (Å²) in [6.45, 7) is 0. The number of aryl methyl sites for hydroxylation is 2. The van der Waals surface area contributed by atoms with Crippen LogP contribution in [0.25, 0.3) is 0 Å². The van der Waals surface area contributed by atoms with E-state index in [0.29, 0.717) is 12.1 Å². The van der Waals surface area contributed by atoms with Crippen LogP contribution < -0.4 is 5.56 Å². The Morgan fingerprint density at radius 1 is 1.11 bits per heavy atom.